The molecule has 0 unspecified atom stereocenters. The van der Waals surface area contributed by atoms with Gasteiger partial charge in [-0.2, -0.15) is 5.10 Å². The Hall–Kier alpha value is -1.76. The van der Waals surface area contributed by atoms with Gasteiger partial charge in [0, 0.05) is 11.9 Å². The molecule has 0 fully saturated rings. The second-order valence-electron chi connectivity index (χ2n) is 4.13. The Kier molecular flexibility index (Phi) is 2.94. The Morgan fingerprint density at radius 3 is 2.56 bits per heavy atom. The molecule has 2 heterocycles. The summed E-state index contributed by atoms with van der Waals surface area (Å²) >= 11 is 0. The summed E-state index contributed by atoms with van der Waals surface area (Å²) in [6.07, 6.45) is 1.69. The topological polar surface area (TPSA) is 80.9 Å². The van der Waals surface area contributed by atoms with Gasteiger partial charge in [-0.05, 0) is 30.2 Å². The van der Waals surface area contributed by atoms with E-state index >= 15 is 0 Å². The van der Waals surface area contributed by atoms with Gasteiger partial charge in [0.1, 0.15) is 5.52 Å². The number of aromatic nitrogens is 2. The van der Waals surface area contributed by atoms with Crippen molar-refractivity contribution in [2.45, 2.75) is 25.3 Å². The van der Waals surface area contributed by atoms with Crippen molar-refractivity contribution in [3.63, 3.8) is 0 Å². The van der Waals surface area contributed by atoms with Crippen LogP contribution in [-0.4, -0.2) is 24.3 Å². The molecule has 0 saturated carbocycles. The normalized spacial score (nSPS) is 11.9. The van der Waals surface area contributed by atoms with E-state index in [1.54, 1.807) is 6.92 Å². The second-order valence-corrected chi connectivity index (χ2v) is 6.06. The van der Waals surface area contributed by atoms with Crippen LogP contribution < -0.4 is 0 Å². The molecule has 0 aliphatic heterocycles. The lowest BCUT2D eigenvalue weighted by Crippen LogP contribution is -2.00. The van der Waals surface area contributed by atoms with E-state index in [0.29, 0.717) is 11.9 Å². The summed E-state index contributed by atoms with van der Waals surface area (Å²) in [6, 6.07) is 3.69. The molecule has 0 bridgehead atoms. The van der Waals surface area contributed by atoms with Crippen molar-refractivity contribution < 1.29 is 8.42 Å². The minimum atomic E-state index is -3.57. The molecule has 0 spiro atoms. The molecule has 0 saturated heterocycles. The van der Waals surface area contributed by atoms with Crippen molar-refractivity contribution in [2.75, 3.05) is 6.26 Å². The first kappa shape index (κ1) is 12.7. The molecule has 0 radical (unpaired) electrons. The van der Waals surface area contributed by atoms with Gasteiger partial charge in [0.05, 0.1) is 0 Å². The van der Waals surface area contributed by atoms with Gasteiger partial charge in [0.2, 0.25) is 5.03 Å². The zero-order valence-electron chi connectivity index (χ0n) is 10.3. The van der Waals surface area contributed by atoms with Crippen molar-refractivity contribution >= 4 is 21.0 Å². The Bertz CT molecular complexity index is 732. The predicted octanol–water partition coefficient (Wildman–Crippen LogP) is 2.01. The Labute approximate surface area is 105 Å². The molecule has 7 heteroatoms. The highest BCUT2D eigenvalue weighted by molar-refractivity contribution is 7.90. The number of sulfone groups is 1. The molecule has 0 N–H and O–H groups in total. The maximum atomic E-state index is 11.6. The molecule has 0 amide bonds. The number of nitrogens with zero attached hydrogens (tertiary/aromatic N) is 3. The average molecular weight is 267 g/mol. The number of nitroso groups, excluding NO2 is 1. The molecule has 18 heavy (non-hydrogen) atoms. The second kappa shape index (κ2) is 4.16. The molecule has 0 aromatic carbocycles. The van der Waals surface area contributed by atoms with Crippen LogP contribution in [0, 0.1) is 11.8 Å². The van der Waals surface area contributed by atoms with Crippen molar-refractivity contribution in [3.8, 4) is 0 Å². The van der Waals surface area contributed by atoms with Crippen LogP contribution in [0.5, 0.6) is 0 Å². The van der Waals surface area contributed by atoms with Crippen molar-refractivity contribution in [2.24, 2.45) is 5.18 Å². The van der Waals surface area contributed by atoms with E-state index < -0.39 is 9.84 Å². The third kappa shape index (κ3) is 1.80. The molecule has 6 nitrogen and oxygen atoms in total. The van der Waals surface area contributed by atoms with Crippen LogP contribution >= 0.6 is 0 Å². The highest BCUT2D eigenvalue weighted by Gasteiger charge is 2.24. The molecule has 0 aliphatic carbocycles. The maximum Gasteiger partial charge on any atom is 0.207 e. The van der Waals surface area contributed by atoms with Crippen molar-refractivity contribution in [1.82, 2.24) is 9.61 Å². The first-order valence-corrected chi connectivity index (χ1v) is 7.34. The lowest BCUT2D eigenvalue weighted by atomic mass is 10.1. The van der Waals surface area contributed by atoms with E-state index in [2.05, 4.69) is 10.3 Å². The van der Waals surface area contributed by atoms with E-state index in [4.69, 9.17) is 0 Å². The van der Waals surface area contributed by atoms with E-state index in [1.807, 2.05) is 19.1 Å². The van der Waals surface area contributed by atoms with Crippen LogP contribution in [0.15, 0.2) is 22.3 Å². The smallest absolute Gasteiger partial charge is 0.207 e. The summed E-state index contributed by atoms with van der Waals surface area (Å²) in [5.74, 6) is 0. The minimum Gasteiger partial charge on any atom is -0.234 e. The monoisotopic (exact) mass is 267 g/mol. The summed E-state index contributed by atoms with van der Waals surface area (Å²) in [4.78, 5) is 11.0. The summed E-state index contributed by atoms with van der Waals surface area (Å²) in [7, 11) is -3.57. The zero-order chi connectivity index (χ0) is 13.5. The number of hydrogen-bond donors (Lipinski definition) is 0. The fraction of sp³-hybridized carbons (Fsp3) is 0.364. The van der Waals surface area contributed by atoms with Crippen molar-refractivity contribution in [3.05, 3.63) is 28.3 Å². The fourth-order valence-corrected chi connectivity index (χ4v) is 2.64. The molecule has 0 aliphatic rings. The van der Waals surface area contributed by atoms with E-state index in [0.717, 1.165) is 17.5 Å². The van der Waals surface area contributed by atoms with Crippen LogP contribution in [0.3, 0.4) is 0 Å². The lowest BCUT2D eigenvalue weighted by Gasteiger charge is -2.03. The summed E-state index contributed by atoms with van der Waals surface area (Å²) < 4.78 is 24.7. The Balaban J connectivity index is 3.02. The number of pyridine rings is 1. The molecular weight excluding hydrogens is 254 g/mol. The Morgan fingerprint density at radius 1 is 1.39 bits per heavy atom. The molecule has 2 aromatic rings. The van der Waals surface area contributed by atoms with Crippen LogP contribution in [0.1, 0.15) is 18.2 Å². The van der Waals surface area contributed by atoms with Crippen LogP contribution in [0.2, 0.25) is 0 Å². The van der Waals surface area contributed by atoms with E-state index in [-0.39, 0.29) is 10.7 Å². The molecule has 96 valence electrons. The summed E-state index contributed by atoms with van der Waals surface area (Å²) in [5, 5.41) is 6.60. The molecular formula is C11H13N3O3S. The van der Waals surface area contributed by atoms with Gasteiger partial charge >= 0.3 is 0 Å². The zero-order valence-corrected chi connectivity index (χ0v) is 11.2. The third-order valence-electron chi connectivity index (χ3n) is 2.82. The first-order valence-electron chi connectivity index (χ1n) is 5.44. The van der Waals surface area contributed by atoms with E-state index in [1.165, 1.54) is 4.52 Å². The lowest BCUT2D eigenvalue weighted by molar-refractivity contribution is 0.597. The SMILES string of the molecule is CCc1ccc(C)n2nc(S(C)(=O)=O)c(N=O)c12. The van der Waals surface area contributed by atoms with Crippen LogP contribution in [0.4, 0.5) is 5.69 Å². The minimum absolute atomic E-state index is 0.0990. The van der Waals surface area contributed by atoms with Gasteiger partial charge in [-0.3, -0.25) is 0 Å². The molecule has 2 rings (SSSR count). The van der Waals surface area contributed by atoms with Crippen LogP contribution in [0.25, 0.3) is 5.52 Å². The van der Waals surface area contributed by atoms with Gasteiger partial charge in [0.15, 0.2) is 15.5 Å². The van der Waals surface area contributed by atoms with Crippen LogP contribution in [-0.2, 0) is 16.3 Å². The maximum absolute atomic E-state index is 11.6. The number of rotatable bonds is 3. The van der Waals surface area contributed by atoms with Gasteiger partial charge in [-0.15, -0.1) is 4.91 Å². The highest BCUT2D eigenvalue weighted by atomic mass is 32.2. The number of fused-ring (bicyclic) bond motifs is 1. The van der Waals surface area contributed by atoms with E-state index in [9.17, 15) is 13.3 Å². The average Bonchev–Trinajstić information content (AvgIpc) is 2.69. The third-order valence-corrected chi connectivity index (χ3v) is 3.79. The highest BCUT2D eigenvalue weighted by Crippen LogP contribution is 2.32. The molecule has 2 aromatic heterocycles. The predicted molar refractivity (Wildman–Crippen MR) is 67.9 cm³/mol. The summed E-state index contributed by atoms with van der Waals surface area (Å²) in [6.45, 7) is 3.71. The van der Waals surface area contributed by atoms with Crippen molar-refractivity contribution in [1.29, 1.82) is 0 Å². The molecule has 0 atom stereocenters. The van der Waals surface area contributed by atoms with Gasteiger partial charge in [-0.25, -0.2) is 12.9 Å². The number of aryl methyl sites for hydroxylation is 2. The summed E-state index contributed by atoms with van der Waals surface area (Å²) in [5.41, 5.74) is 1.98. The Morgan fingerprint density at radius 2 is 2.06 bits per heavy atom. The fourth-order valence-electron chi connectivity index (χ4n) is 1.92. The van der Waals surface area contributed by atoms with Gasteiger partial charge in [0.25, 0.3) is 0 Å². The van der Waals surface area contributed by atoms with Gasteiger partial charge in [-0.1, -0.05) is 13.0 Å². The van der Waals surface area contributed by atoms with Gasteiger partial charge < -0.3 is 0 Å². The standard InChI is InChI=1S/C11H13N3O3S/c1-4-8-6-5-7(2)14-10(8)9(13-15)11(12-14)18(3,16)17/h5-6H,4H2,1-3H3. The quantitative estimate of drug-likeness (QED) is 0.796. The largest absolute Gasteiger partial charge is 0.234 e. The number of hydrogen-bond acceptors (Lipinski definition) is 5. The first-order chi connectivity index (χ1) is 8.40.